The number of hydrogen-bond acceptors (Lipinski definition) is 3. The van der Waals surface area contributed by atoms with Gasteiger partial charge < -0.3 is 15.2 Å². The van der Waals surface area contributed by atoms with Crippen LogP contribution in [0, 0.1) is 0 Å². The maximum Gasteiger partial charge on any atom is 0.231 e. The van der Waals surface area contributed by atoms with Crippen molar-refractivity contribution in [3.63, 3.8) is 0 Å². The van der Waals surface area contributed by atoms with Gasteiger partial charge in [-0.3, -0.25) is 0 Å². The molecule has 0 saturated carbocycles. The van der Waals surface area contributed by atoms with Gasteiger partial charge in [0.25, 0.3) is 0 Å². The fourth-order valence-electron chi connectivity index (χ4n) is 2.44. The molecule has 1 atom stereocenters. The Kier molecular flexibility index (Phi) is 4.17. The summed E-state index contributed by atoms with van der Waals surface area (Å²) in [5.74, 6) is 2.54. The van der Waals surface area contributed by atoms with Crippen molar-refractivity contribution >= 4 is 15.9 Å². The number of nitrogens with two attached hydrogens (primary N) is 1. The van der Waals surface area contributed by atoms with Crippen molar-refractivity contribution in [2.24, 2.45) is 5.73 Å². The smallest absolute Gasteiger partial charge is 0.231 e. The molecule has 0 aliphatic carbocycles. The van der Waals surface area contributed by atoms with Crippen LogP contribution in [-0.2, 0) is 0 Å². The Balaban J connectivity index is 2.53. The van der Waals surface area contributed by atoms with Gasteiger partial charge in [0.2, 0.25) is 6.79 Å². The van der Waals surface area contributed by atoms with Crippen molar-refractivity contribution in [3.8, 4) is 11.5 Å². The second kappa shape index (κ2) is 5.49. The molecular weight excluding hydrogens is 294 g/mol. The average Bonchev–Trinajstić information content (AvgIpc) is 2.76. The fourth-order valence-corrected chi connectivity index (χ4v) is 3.43. The summed E-state index contributed by atoms with van der Waals surface area (Å²) in [4.78, 5) is 0. The van der Waals surface area contributed by atoms with Crippen LogP contribution in [0.25, 0.3) is 0 Å². The Bertz CT molecular complexity index is 446. The first-order valence-corrected chi connectivity index (χ1v) is 7.17. The maximum absolute atomic E-state index is 5.68. The van der Waals surface area contributed by atoms with Gasteiger partial charge in [0.15, 0.2) is 11.5 Å². The Morgan fingerprint density at radius 1 is 1.33 bits per heavy atom. The zero-order valence-corrected chi connectivity index (χ0v) is 12.7. The van der Waals surface area contributed by atoms with E-state index in [2.05, 4.69) is 42.8 Å². The molecule has 1 unspecified atom stereocenters. The molecular formula is C14H20BrNO2. The molecule has 1 aliphatic rings. The number of fused-ring (bicyclic) bond motifs is 1. The molecule has 1 aromatic carbocycles. The molecule has 0 aromatic heterocycles. The van der Waals surface area contributed by atoms with Gasteiger partial charge in [-0.15, -0.1) is 0 Å². The number of rotatable bonds is 4. The third-order valence-corrected chi connectivity index (χ3v) is 4.17. The van der Waals surface area contributed by atoms with Crippen LogP contribution in [0.15, 0.2) is 10.5 Å². The van der Waals surface area contributed by atoms with E-state index in [1.165, 1.54) is 11.1 Å². The first-order valence-electron chi connectivity index (χ1n) is 6.38. The van der Waals surface area contributed by atoms with Crippen LogP contribution in [0.4, 0.5) is 0 Å². The van der Waals surface area contributed by atoms with Crippen LogP contribution < -0.4 is 15.2 Å². The zero-order valence-electron chi connectivity index (χ0n) is 11.1. The van der Waals surface area contributed by atoms with E-state index in [4.69, 9.17) is 15.2 Å². The van der Waals surface area contributed by atoms with Gasteiger partial charge in [0, 0.05) is 0 Å². The van der Waals surface area contributed by atoms with Gasteiger partial charge >= 0.3 is 0 Å². The van der Waals surface area contributed by atoms with Crippen LogP contribution in [0.3, 0.4) is 0 Å². The summed E-state index contributed by atoms with van der Waals surface area (Å²) < 4.78 is 12.1. The van der Waals surface area contributed by atoms with Crippen molar-refractivity contribution in [1.29, 1.82) is 0 Å². The first-order chi connectivity index (χ1) is 8.56. The lowest BCUT2D eigenvalue weighted by Gasteiger charge is -2.21. The largest absolute Gasteiger partial charge is 0.454 e. The minimum absolute atomic E-state index is 0.306. The standard InChI is InChI=1S/C14H20BrNO2/c1-8(2)12-10(9(3)4-5-16)6-11-14(13(12)15)18-7-17-11/h6,8-9H,4-5,7,16H2,1-3H3. The molecule has 100 valence electrons. The fraction of sp³-hybridized carbons (Fsp3) is 0.571. The molecule has 0 radical (unpaired) electrons. The second-order valence-electron chi connectivity index (χ2n) is 5.06. The highest BCUT2D eigenvalue weighted by molar-refractivity contribution is 9.10. The van der Waals surface area contributed by atoms with E-state index in [0.29, 0.717) is 25.2 Å². The Morgan fingerprint density at radius 2 is 2.06 bits per heavy atom. The number of halogens is 1. The minimum atomic E-state index is 0.306. The molecule has 2 rings (SSSR count). The quantitative estimate of drug-likeness (QED) is 0.920. The Hall–Kier alpha value is -0.740. The lowest BCUT2D eigenvalue weighted by atomic mass is 9.87. The van der Waals surface area contributed by atoms with Gasteiger partial charge in [-0.1, -0.05) is 20.8 Å². The highest BCUT2D eigenvalue weighted by atomic mass is 79.9. The lowest BCUT2D eigenvalue weighted by Crippen LogP contribution is -2.08. The summed E-state index contributed by atoms with van der Waals surface area (Å²) in [7, 11) is 0. The molecule has 18 heavy (non-hydrogen) atoms. The molecule has 0 spiro atoms. The van der Waals surface area contributed by atoms with Crippen LogP contribution in [0.1, 0.15) is 50.2 Å². The SMILES string of the molecule is CC(C)c1c(C(C)CCN)cc2c(c1Br)OCO2. The van der Waals surface area contributed by atoms with Crippen LogP contribution >= 0.6 is 15.9 Å². The molecule has 0 saturated heterocycles. The third-order valence-electron chi connectivity index (χ3n) is 3.38. The average molecular weight is 314 g/mol. The Morgan fingerprint density at radius 3 is 2.67 bits per heavy atom. The number of benzene rings is 1. The topological polar surface area (TPSA) is 44.5 Å². The monoisotopic (exact) mass is 313 g/mol. The summed E-state index contributed by atoms with van der Waals surface area (Å²) in [6.45, 7) is 7.61. The minimum Gasteiger partial charge on any atom is -0.454 e. The van der Waals surface area contributed by atoms with Crippen LogP contribution in [0.5, 0.6) is 11.5 Å². The molecule has 3 nitrogen and oxygen atoms in total. The van der Waals surface area contributed by atoms with Gasteiger partial charge in [-0.2, -0.15) is 0 Å². The van der Waals surface area contributed by atoms with E-state index in [9.17, 15) is 0 Å². The molecule has 0 fully saturated rings. The summed E-state index contributed by atoms with van der Waals surface area (Å²) in [6, 6.07) is 2.11. The maximum atomic E-state index is 5.68. The van der Waals surface area contributed by atoms with E-state index in [-0.39, 0.29) is 0 Å². The van der Waals surface area contributed by atoms with E-state index >= 15 is 0 Å². The summed E-state index contributed by atoms with van der Waals surface area (Å²) in [5.41, 5.74) is 8.29. The molecule has 2 N–H and O–H groups in total. The molecule has 0 amide bonds. The summed E-state index contributed by atoms with van der Waals surface area (Å²) in [6.07, 6.45) is 0.978. The van der Waals surface area contributed by atoms with Crippen molar-refractivity contribution in [1.82, 2.24) is 0 Å². The van der Waals surface area contributed by atoms with Gasteiger partial charge in [0.1, 0.15) is 0 Å². The molecule has 1 aromatic rings. The Labute approximate surface area is 117 Å². The van der Waals surface area contributed by atoms with Crippen molar-refractivity contribution in [2.45, 2.75) is 39.0 Å². The highest BCUT2D eigenvalue weighted by Crippen LogP contribution is 2.47. The number of ether oxygens (including phenoxy) is 2. The normalized spacial score (nSPS) is 15.2. The summed E-state index contributed by atoms with van der Waals surface area (Å²) >= 11 is 3.67. The van der Waals surface area contributed by atoms with Crippen molar-refractivity contribution < 1.29 is 9.47 Å². The zero-order chi connectivity index (χ0) is 13.3. The van der Waals surface area contributed by atoms with E-state index in [0.717, 1.165) is 22.4 Å². The predicted molar refractivity (Wildman–Crippen MR) is 76.4 cm³/mol. The van der Waals surface area contributed by atoms with E-state index in [1.54, 1.807) is 0 Å². The van der Waals surface area contributed by atoms with E-state index in [1.807, 2.05) is 0 Å². The first kappa shape index (κ1) is 13.7. The van der Waals surface area contributed by atoms with E-state index < -0.39 is 0 Å². The van der Waals surface area contributed by atoms with Crippen molar-refractivity contribution in [2.75, 3.05) is 13.3 Å². The molecule has 4 heteroatoms. The number of hydrogen-bond donors (Lipinski definition) is 1. The summed E-state index contributed by atoms with van der Waals surface area (Å²) in [5, 5.41) is 0. The van der Waals surface area contributed by atoms with Gasteiger partial charge in [0.05, 0.1) is 4.47 Å². The van der Waals surface area contributed by atoms with Gasteiger partial charge in [-0.25, -0.2) is 0 Å². The molecule has 1 aliphatic heterocycles. The van der Waals surface area contributed by atoms with Crippen molar-refractivity contribution in [3.05, 3.63) is 21.7 Å². The van der Waals surface area contributed by atoms with Crippen LogP contribution in [0.2, 0.25) is 0 Å². The molecule has 1 heterocycles. The van der Waals surface area contributed by atoms with Gasteiger partial charge in [-0.05, 0) is 57.9 Å². The second-order valence-corrected chi connectivity index (χ2v) is 5.85. The highest BCUT2D eigenvalue weighted by Gasteiger charge is 2.25. The lowest BCUT2D eigenvalue weighted by molar-refractivity contribution is 0.173. The predicted octanol–water partition coefficient (Wildman–Crippen LogP) is 3.75. The molecule has 0 bridgehead atoms. The third kappa shape index (κ3) is 2.36. The van der Waals surface area contributed by atoms with Crippen LogP contribution in [-0.4, -0.2) is 13.3 Å².